The lowest BCUT2D eigenvalue weighted by molar-refractivity contribution is 0.102. The Hall–Kier alpha value is -3.00. The Morgan fingerprint density at radius 1 is 1.26 bits per heavy atom. The van der Waals surface area contributed by atoms with Gasteiger partial charge in [0.05, 0.1) is 41.3 Å². The average molecular weight is 327 g/mol. The monoisotopic (exact) mass is 327 g/mol. The summed E-state index contributed by atoms with van der Waals surface area (Å²) in [5, 5.41) is 2.74. The Balaban J connectivity index is 1.83. The molecule has 0 fully saturated rings. The van der Waals surface area contributed by atoms with Gasteiger partial charge < -0.3 is 15.8 Å². The Bertz CT molecular complexity index is 818. The lowest BCUT2D eigenvalue weighted by atomic mass is 10.1. The zero-order valence-corrected chi connectivity index (χ0v) is 13.0. The molecular weight excluding hydrogens is 314 g/mol. The van der Waals surface area contributed by atoms with E-state index in [0.29, 0.717) is 17.3 Å². The van der Waals surface area contributed by atoms with Crippen LogP contribution in [0.15, 0.2) is 42.3 Å². The van der Waals surface area contributed by atoms with Gasteiger partial charge >= 0.3 is 0 Å². The molecule has 7 nitrogen and oxygen atoms in total. The fourth-order valence-corrected chi connectivity index (χ4v) is 2.52. The maximum atomic E-state index is 12.2. The molecule has 0 bridgehead atoms. The van der Waals surface area contributed by atoms with Crippen LogP contribution in [0.3, 0.4) is 0 Å². The third-order valence-corrected chi connectivity index (χ3v) is 3.91. The second-order valence-corrected chi connectivity index (χ2v) is 5.45. The second-order valence-electron chi connectivity index (χ2n) is 4.57. The number of hydrogen-bond donors (Lipinski definition) is 2. The minimum atomic E-state index is -0.395. The van der Waals surface area contributed by atoms with Crippen LogP contribution in [0.1, 0.15) is 10.5 Å². The van der Waals surface area contributed by atoms with Gasteiger partial charge in [0.2, 0.25) is 5.88 Å². The van der Waals surface area contributed by atoms with Gasteiger partial charge in [-0.1, -0.05) is 6.07 Å². The highest BCUT2D eigenvalue weighted by Gasteiger charge is 2.12. The van der Waals surface area contributed by atoms with Gasteiger partial charge in [-0.05, 0) is 17.7 Å². The summed E-state index contributed by atoms with van der Waals surface area (Å²) in [4.78, 5) is 25.2. The van der Waals surface area contributed by atoms with Crippen molar-refractivity contribution in [1.29, 1.82) is 0 Å². The summed E-state index contributed by atoms with van der Waals surface area (Å²) in [5.41, 5.74) is 9.76. The summed E-state index contributed by atoms with van der Waals surface area (Å²) in [7, 11) is 1.48. The van der Waals surface area contributed by atoms with Crippen LogP contribution in [0.5, 0.6) is 5.88 Å². The average Bonchev–Trinajstić information content (AvgIpc) is 3.11. The van der Waals surface area contributed by atoms with E-state index >= 15 is 0 Å². The first-order valence-corrected chi connectivity index (χ1v) is 7.51. The minimum absolute atomic E-state index is 0.174. The molecular formula is C15H13N5O2S. The molecule has 1 amide bonds. The SMILES string of the molecule is COc1cnc(C(=O)Nc2cc(-c3cncs3)ccc2N)cn1. The number of anilines is 2. The molecule has 3 aromatic rings. The molecule has 23 heavy (non-hydrogen) atoms. The number of benzene rings is 1. The van der Waals surface area contributed by atoms with Gasteiger partial charge in [-0.15, -0.1) is 11.3 Å². The first-order valence-electron chi connectivity index (χ1n) is 6.63. The number of carbonyl (C=O) groups is 1. The third-order valence-electron chi connectivity index (χ3n) is 3.09. The van der Waals surface area contributed by atoms with E-state index < -0.39 is 5.91 Å². The summed E-state index contributed by atoms with van der Waals surface area (Å²) < 4.78 is 4.91. The molecule has 8 heteroatoms. The number of amides is 1. The second kappa shape index (κ2) is 6.41. The summed E-state index contributed by atoms with van der Waals surface area (Å²) in [6.45, 7) is 0. The summed E-state index contributed by atoms with van der Waals surface area (Å²) in [6.07, 6.45) is 4.49. The Morgan fingerprint density at radius 3 is 2.78 bits per heavy atom. The molecule has 0 atom stereocenters. The number of nitrogens with zero attached hydrogens (tertiary/aromatic N) is 3. The number of nitrogens with one attached hydrogen (secondary N) is 1. The maximum absolute atomic E-state index is 12.2. The molecule has 0 saturated heterocycles. The van der Waals surface area contributed by atoms with E-state index in [2.05, 4.69) is 20.3 Å². The van der Waals surface area contributed by atoms with Gasteiger partial charge in [0.15, 0.2) is 0 Å². The molecule has 0 saturated carbocycles. The van der Waals surface area contributed by atoms with E-state index in [0.717, 1.165) is 10.4 Å². The standard InChI is InChI=1S/C15H13N5O2S/c1-22-14-7-18-12(5-19-14)15(21)20-11-4-9(2-3-10(11)16)13-6-17-8-23-13/h2-8H,16H2,1H3,(H,20,21). The molecule has 0 aliphatic rings. The number of nitrogen functional groups attached to an aromatic ring is 1. The zero-order chi connectivity index (χ0) is 16.2. The van der Waals surface area contributed by atoms with Crippen molar-refractivity contribution >= 4 is 28.6 Å². The van der Waals surface area contributed by atoms with Gasteiger partial charge in [0.25, 0.3) is 5.91 Å². The van der Waals surface area contributed by atoms with E-state index in [1.54, 1.807) is 23.8 Å². The normalized spacial score (nSPS) is 10.3. The van der Waals surface area contributed by atoms with E-state index in [1.165, 1.54) is 30.8 Å². The van der Waals surface area contributed by atoms with Crippen molar-refractivity contribution in [2.75, 3.05) is 18.2 Å². The number of ether oxygens (including phenoxy) is 1. The summed E-state index contributed by atoms with van der Waals surface area (Å²) in [5.74, 6) is -0.0541. The smallest absolute Gasteiger partial charge is 0.275 e. The highest BCUT2D eigenvalue weighted by molar-refractivity contribution is 7.13. The van der Waals surface area contributed by atoms with Crippen LogP contribution in [-0.4, -0.2) is 28.0 Å². The molecule has 0 aliphatic heterocycles. The van der Waals surface area contributed by atoms with Crippen molar-refractivity contribution in [3.8, 4) is 16.3 Å². The number of rotatable bonds is 4. The number of methoxy groups -OCH3 is 1. The van der Waals surface area contributed by atoms with E-state index in [4.69, 9.17) is 10.5 Å². The van der Waals surface area contributed by atoms with E-state index in [-0.39, 0.29) is 5.69 Å². The third kappa shape index (κ3) is 3.27. The van der Waals surface area contributed by atoms with Crippen molar-refractivity contribution in [1.82, 2.24) is 15.0 Å². The van der Waals surface area contributed by atoms with Crippen LogP contribution in [-0.2, 0) is 0 Å². The van der Waals surface area contributed by atoms with Gasteiger partial charge in [0, 0.05) is 6.20 Å². The Labute approximate surface area is 136 Å². The van der Waals surface area contributed by atoms with Gasteiger partial charge in [0.1, 0.15) is 5.69 Å². The maximum Gasteiger partial charge on any atom is 0.275 e. The van der Waals surface area contributed by atoms with Gasteiger partial charge in [-0.25, -0.2) is 9.97 Å². The highest BCUT2D eigenvalue weighted by atomic mass is 32.1. The summed E-state index contributed by atoms with van der Waals surface area (Å²) in [6, 6.07) is 5.42. The highest BCUT2D eigenvalue weighted by Crippen LogP contribution is 2.29. The van der Waals surface area contributed by atoms with Crippen molar-refractivity contribution in [2.24, 2.45) is 0 Å². The van der Waals surface area contributed by atoms with Crippen LogP contribution < -0.4 is 15.8 Å². The van der Waals surface area contributed by atoms with Crippen molar-refractivity contribution in [2.45, 2.75) is 0 Å². The molecule has 3 rings (SSSR count). The molecule has 116 valence electrons. The fraction of sp³-hybridized carbons (Fsp3) is 0.0667. The molecule has 2 aromatic heterocycles. The summed E-state index contributed by atoms with van der Waals surface area (Å²) >= 11 is 1.51. The molecule has 0 unspecified atom stereocenters. The van der Waals surface area contributed by atoms with E-state index in [1.807, 2.05) is 6.07 Å². The van der Waals surface area contributed by atoms with Crippen LogP contribution in [0.4, 0.5) is 11.4 Å². The van der Waals surface area contributed by atoms with Gasteiger partial charge in [-0.3, -0.25) is 9.78 Å². The predicted octanol–water partition coefficient (Wildman–Crippen LogP) is 2.44. The molecule has 1 aromatic carbocycles. The molecule has 0 radical (unpaired) electrons. The largest absolute Gasteiger partial charge is 0.480 e. The van der Waals surface area contributed by atoms with Crippen molar-refractivity contribution in [3.05, 3.63) is 48.0 Å². The van der Waals surface area contributed by atoms with E-state index in [9.17, 15) is 4.79 Å². The van der Waals surface area contributed by atoms with Crippen molar-refractivity contribution < 1.29 is 9.53 Å². The van der Waals surface area contributed by atoms with Crippen LogP contribution in [0, 0.1) is 0 Å². The first-order chi connectivity index (χ1) is 11.2. The number of hydrogen-bond acceptors (Lipinski definition) is 7. The topological polar surface area (TPSA) is 103 Å². The molecule has 0 aliphatic carbocycles. The molecule has 2 heterocycles. The molecule has 0 spiro atoms. The first kappa shape index (κ1) is 14.9. The lowest BCUT2D eigenvalue weighted by Gasteiger charge is -2.09. The number of aromatic nitrogens is 3. The fourth-order valence-electron chi connectivity index (χ4n) is 1.90. The lowest BCUT2D eigenvalue weighted by Crippen LogP contribution is -2.15. The Kier molecular flexibility index (Phi) is 4.15. The number of thiazole rings is 1. The van der Waals surface area contributed by atoms with Crippen LogP contribution >= 0.6 is 11.3 Å². The minimum Gasteiger partial charge on any atom is -0.480 e. The zero-order valence-electron chi connectivity index (χ0n) is 12.2. The van der Waals surface area contributed by atoms with Crippen LogP contribution in [0.25, 0.3) is 10.4 Å². The quantitative estimate of drug-likeness (QED) is 0.713. The Morgan fingerprint density at radius 2 is 2.13 bits per heavy atom. The van der Waals surface area contributed by atoms with Crippen LogP contribution in [0.2, 0.25) is 0 Å². The number of carbonyl (C=O) groups excluding carboxylic acids is 1. The van der Waals surface area contributed by atoms with Crippen molar-refractivity contribution in [3.63, 3.8) is 0 Å². The molecule has 3 N–H and O–H groups in total. The number of nitrogens with two attached hydrogens (primary N) is 1. The predicted molar refractivity (Wildman–Crippen MR) is 88.5 cm³/mol. The van der Waals surface area contributed by atoms with Gasteiger partial charge in [-0.2, -0.15) is 0 Å².